The molecule has 1 heterocycles. The van der Waals surface area contributed by atoms with Crippen LogP contribution in [-0.2, 0) is 9.47 Å². The van der Waals surface area contributed by atoms with Crippen molar-refractivity contribution in [2.45, 2.75) is 94.7 Å². The first-order valence-corrected chi connectivity index (χ1v) is 12.9. The second-order valence-corrected chi connectivity index (χ2v) is 10.7. The zero-order valence-corrected chi connectivity index (χ0v) is 19.0. The molecule has 5 rings (SSSR count). The third-order valence-electron chi connectivity index (χ3n) is 9.09. The Kier molecular flexibility index (Phi) is 6.53. The molecule has 1 aromatic rings. The first-order valence-electron chi connectivity index (χ1n) is 12.9. The average molecular weight is 427 g/mol. The SMILES string of the molecule is C=CC1CCC(C2CCC(c3ccc(C4CCC5(CC4)OCCO5)c(F)c3)CC2)CC1. The largest absolute Gasteiger partial charge is 0.348 e. The van der Waals surface area contributed by atoms with Gasteiger partial charge in [0.1, 0.15) is 5.82 Å². The maximum absolute atomic E-state index is 15.1. The second-order valence-electron chi connectivity index (χ2n) is 10.7. The van der Waals surface area contributed by atoms with Crippen LogP contribution >= 0.6 is 0 Å². The molecule has 4 fully saturated rings. The van der Waals surface area contributed by atoms with E-state index in [2.05, 4.69) is 24.8 Å². The summed E-state index contributed by atoms with van der Waals surface area (Å²) in [7, 11) is 0. The second kappa shape index (κ2) is 9.35. The first kappa shape index (κ1) is 21.6. The van der Waals surface area contributed by atoms with Crippen LogP contribution in [0.15, 0.2) is 30.9 Å². The van der Waals surface area contributed by atoms with E-state index in [1.807, 2.05) is 6.07 Å². The van der Waals surface area contributed by atoms with Gasteiger partial charge in [-0.15, -0.1) is 6.58 Å². The van der Waals surface area contributed by atoms with E-state index in [1.54, 1.807) is 0 Å². The van der Waals surface area contributed by atoms with E-state index in [4.69, 9.17) is 9.47 Å². The molecule has 31 heavy (non-hydrogen) atoms. The number of rotatable bonds is 4. The van der Waals surface area contributed by atoms with Crippen LogP contribution in [0, 0.1) is 23.6 Å². The number of halogens is 1. The lowest BCUT2D eigenvalue weighted by molar-refractivity contribution is -0.178. The lowest BCUT2D eigenvalue weighted by atomic mass is 9.68. The molecule has 0 amide bonds. The summed E-state index contributed by atoms with van der Waals surface area (Å²) in [6.07, 6.45) is 16.4. The number of allylic oxidation sites excluding steroid dienone is 1. The van der Waals surface area contributed by atoms with Crippen molar-refractivity contribution in [1.29, 1.82) is 0 Å². The monoisotopic (exact) mass is 426 g/mol. The quantitative estimate of drug-likeness (QED) is 0.464. The van der Waals surface area contributed by atoms with Gasteiger partial charge in [-0.3, -0.25) is 0 Å². The van der Waals surface area contributed by atoms with E-state index in [-0.39, 0.29) is 11.6 Å². The Morgan fingerprint density at radius 1 is 0.806 bits per heavy atom. The molecule has 0 N–H and O–H groups in total. The van der Waals surface area contributed by atoms with Crippen LogP contribution in [0.5, 0.6) is 0 Å². The Labute approximate surface area is 187 Å². The fourth-order valence-electron chi connectivity index (χ4n) is 7.06. The molecule has 1 aromatic carbocycles. The predicted molar refractivity (Wildman–Crippen MR) is 123 cm³/mol. The van der Waals surface area contributed by atoms with Gasteiger partial charge in [-0.25, -0.2) is 4.39 Å². The summed E-state index contributed by atoms with van der Waals surface area (Å²) in [5, 5.41) is 0. The summed E-state index contributed by atoms with van der Waals surface area (Å²) in [6.45, 7) is 5.38. The number of hydrogen-bond donors (Lipinski definition) is 0. The minimum atomic E-state index is -0.365. The molecule has 0 unspecified atom stereocenters. The predicted octanol–water partition coefficient (Wildman–Crippen LogP) is 7.49. The highest BCUT2D eigenvalue weighted by Crippen LogP contribution is 2.46. The zero-order chi connectivity index (χ0) is 21.3. The molecular formula is C28H39FO2. The highest BCUT2D eigenvalue weighted by atomic mass is 19.1. The summed E-state index contributed by atoms with van der Waals surface area (Å²) >= 11 is 0. The molecule has 3 aliphatic carbocycles. The van der Waals surface area contributed by atoms with Crippen LogP contribution in [0.3, 0.4) is 0 Å². The molecule has 1 aliphatic heterocycles. The van der Waals surface area contributed by atoms with Crippen molar-refractivity contribution in [2.24, 2.45) is 17.8 Å². The van der Waals surface area contributed by atoms with Gasteiger partial charge in [0.2, 0.25) is 0 Å². The third kappa shape index (κ3) is 4.64. The fraction of sp³-hybridized carbons (Fsp3) is 0.714. The van der Waals surface area contributed by atoms with Gasteiger partial charge >= 0.3 is 0 Å². The highest BCUT2D eigenvalue weighted by Gasteiger charge is 2.41. The molecule has 0 aromatic heterocycles. The lowest BCUT2D eigenvalue weighted by Gasteiger charge is -2.37. The molecule has 0 bridgehead atoms. The molecule has 1 saturated heterocycles. The molecule has 1 spiro atoms. The number of benzene rings is 1. The fourth-order valence-corrected chi connectivity index (χ4v) is 7.06. The molecule has 170 valence electrons. The molecule has 4 aliphatic rings. The van der Waals surface area contributed by atoms with Crippen LogP contribution < -0.4 is 0 Å². The Morgan fingerprint density at radius 3 is 2.00 bits per heavy atom. The van der Waals surface area contributed by atoms with E-state index in [0.29, 0.717) is 25.0 Å². The average Bonchev–Trinajstić information content (AvgIpc) is 3.28. The van der Waals surface area contributed by atoms with Gasteiger partial charge in [0.15, 0.2) is 5.79 Å². The van der Waals surface area contributed by atoms with Crippen LogP contribution in [0.4, 0.5) is 4.39 Å². The molecule has 3 saturated carbocycles. The normalized spacial score (nSPS) is 34.1. The van der Waals surface area contributed by atoms with Crippen molar-refractivity contribution >= 4 is 0 Å². The Bertz CT molecular complexity index is 742. The van der Waals surface area contributed by atoms with Crippen LogP contribution in [0.25, 0.3) is 0 Å². The first-order chi connectivity index (χ1) is 15.2. The minimum Gasteiger partial charge on any atom is -0.348 e. The maximum atomic E-state index is 15.1. The van der Waals surface area contributed by atoms with Gasteiger partial charge in [-0.2, -0.15) is 0 Å². The van der Waals surface area contributed by atoms with Crippen molar-refractivity contribution in [2.75, 3.05) is 13.2 Å². The number of hydrogen-bond acceptors (Lipinski definition) is 2. The Balaban J connectivity index is 1.15. The van der Waals surface area contributed by atoms with E-state index in [0.717, 1.165) is 49.0 Å². The van der Waals surface area contributed by atoms with E-state index in [9.17, 15) is 0 Å². The smallest absolute Gasteiger partial charge is 0.168 e. The van der Waals surface area contributed by atoms with Crippen molar-refractivity contribution in [3.8, 4) is 0 Å². The van der Waals surface area contributed by atoms with Crippen LogP contribution in [0.2, 0.25) is 0 Å². The van der Waals surface area contributed by atoms with E-state index >= 15 is 4.39 Å². The molecule has 2 nitrogen and oxygen atoms in total. The molecule has 3 heteroatoms. The maximum Gasteiger partial charge on any atom is 0.168 e. The molecule has 0 radical (unpaired) electrons. The standard InChI is InChI=1S/C28H39FO2/c1-2-20-3-5-21(6-4-20)22-7-9-23(10-8-22)25-11-12-26(27(29)19-25)24-13-15-28(16-14-24)30-17-18-31-28/h2,11-12,19-24H,1,3-10,13-18H2. The summed E-state index contributed by atoms with van der Waals surface area (Å²) in [5.74, 6) is 3.04. The van der Waals surface area contributed by atoms with Crippen molar-refractivity contribution in [1.82, 2.24) is 0 Å². The van der Waals surface area contributed by atoms with Crippen molar-refractivity contribution in [3.05, 3.63) is 47.8 Å². The van der Waals surface area contributed by atoms with Gasteiger partial charge < -0.3 is 9.47 Å². The number of ether oxygens (including phenoxy) is 2. The topological polar surface area (TPSA) is 18.5 Å². The lowest BCUT2D eigenvalue weighted by Crippen LogP contribution is -2.34. The summed E-state index contributed by atoms with van der Waals surface area (Å²) in [5.41, 5.74) is 2.13. The van der Waals surface area contributed by atoms with Crippen LogP contribution in [-0.4, -0.2) is 19.0 Å². The van der Waals surface area contributed by atoms with Gasteiger partial charge in [-0.05, 0) is 111 Å². The van der Waals surface area contributed by atoms with E-state index in [1.165, 1.54) is 56.9 Å². The van der Waals surface area contributed by atoms with E-state index < -0.39 is 0 Å². The van der Waals surface area contributed by atoms with Gasteiger partial charge in [0.25, 0.3) is 0 Å². The van der Waals surface area contributed by atoms with Crippen LogP contribution in [0.1, 0.15) is 100 Å². The Morgan fingerprint density at radius 2 is 1.42 bits per heavy atom. The van der Waals surface area contributed by atoms with Crippen molar-refractivity contribution in [3.63, 3.8) is 0 Å². The molecular weight excluding hydrogens is 387 g/mol. The highest BCUT2D eigenvalue weighted by molar-refractivity contribution is 5.30. The van der Waals surface area contributed by atoms with Gasteiger partial charge in [0.05, 0.1) is 13.2 Å². The zero-order valence-electron chi connectivity index (χ0n) is 19.0. The summed E-state index contributed by atoms with van der Waals surface area (Å²) < 4.78 is 26.8. The third-order valence-corrected chi connectivity index (χ3v) is 9.09. The molecule has 0 atom stereocenters. The van der Waals surface area contributed by atoms with Gasteiger partial charge in [-0.1, -0.05) is 18.2 Å². The van der Waals surface area contributed by atoms with Gasteiger partial charge in [0, 0.05) is 12.8 Å². The minimum absolute atomic E-state index is 0.0107. The summed E-state index contributed by atoms with van der Waals surface area (Å²) in [4.78, 5) is 0. The summed E-state index contributed by atoms with van der Waals surface area (Å²) in [6, 6.07) is 6.18. The Hall–Kier alpha value is -1.19. The van der Waals surface area contributed by atoms with Crippen molar-refractivity contribution < 1.29 is 13.9 Å².